The van der Waals surface area contributed by atoms with Crippen molar-refractivity contribution in [3.05, 3.63) is 63.6 Å². The lowest BCUT2D eigenvalue weighted by molar-refractivity contribution is 0.560. The first-order chi connectivity index (χ1) is 8.58. The van der Waals surface area contributed by atoms with Crippen LogP contribution in [0, 0.1) is 18.6 Å². The summed E-state index contributed by atoms with van der Waals surface area (Å²) in [6.45, 7) is 2.08. The van der Waals surface area contributed by atoms with Crippen molar-refractivity contribution < 1.29 is 8.78 Å². The minimum absolute atomic E-state index is 0.0538. The molecule has 0 atom stereocenters. The molecule has 4 heteroatoms. The van der Waals surface area contributed by atoms with Crippen LogP contribution in [-0.4, -0.2) is 0 Å². The Morgan fingerprint density at radius 3 is 2.39 bits per heavy atom. The number of aryl methyl sites for hydroxylation is 1. The predicted octanol–water partition coefficient (Wildman–Crippen LogP) is 4.65. The first-order valence-corrected chi connectivity index (χ1v) is 6.30. The highest BCUT2D eigenvalue weighted by atomic mass is 79.9. The van der Waals surface area contributed by atoms with Gasteiger partial charge < -0.3 is 5.32 Å². The van der Waals surface area contributed by atoms with Gasteiger partial charge in [0.2, 0.25) is 0 Å². The van der Waals surface area contributed by atoms with Crippen LogP contribution in [0.5, 0.6) is 0 Å². The Morgan fingerprint density at radius 1 is 1.11 bits per heavy atom. The van der Waals surface area contributed by atoms with E-state index in [-0.39, 0.29) is 12.1 Å². The molecule has 0 bridgehead atoms. The van der Waals surface area contributed by atoms with Gasteiger partial charge >= 0.3 is 0 Å². The zero-order chi connectivity index (χ0) is 13.1. The predicted molar refractivity (Wildman–Crippen MR) is 72.6 cm³/mol. The van der Waals surface area contributed by atoms with E-state index in [0.29, 0.717) is 0 Å². The summed E-state index contributed by atoms with van der Waals surface area (Å²) in [5, 5.41) is 3.01. The maximum absolute atomic E-state index is 13.4. The monoisotopic (exact) mass is 311 g/mol. The molecule has 2 aromatic rings. The van der Waals surface area contributed by atoms with E-state index in [1.54, 1.807) is 0 Å². The second kappa shape index (κ2) is 5.48. The number of halogens is 3. The van der Waals surface area contributed by atoms with Gasteiger partial charge in [-0.2, -0.15) is 0 Å². The van der Waals surface area contributed by atoms with E-state index in [2.05, 4.69) is 21.2 Å². The van der Waals surface area contributed by atoms with E-state index < -0.39 is 11.6 Å². The molecule has 0 saturated heterocycles. The van der Waals surface area contributed by atoms with Crippen LogP contribution in [-0.2, 0) is 6.54 Å². The van der Waals surface area contributed by atoms with Crippen molar-refractivity contribution in [2.24, 2.45) is 0 Å². The minimum Gasteiger partial charge on any atom is -0.381 e. The van der Waals surface area contributed by atoms with Crippen molar-refractivity contribution >= 4 is 21.6 Å². The molecule has 0 amide bonds. The Bertz CT molecular complexity index is 549. The third-order valence-corrected chi connectivity index (χ3v) is 3.58. The molecule has 0 aliphatic carbocycles. The molecule has 94 valence electrons. The lowest BCUT2D eigenvalue weighted by Gasteiger charge is -2.09. The summed E-state index contributed by atoms with van der Waals surface area (Å²) in [7, 11) is 0. The van der Waals surface area contributed by atoms with E-state index in [4.69, 9.17) is 0 Å². The highest BCUT2D eigenvalue weighted by Crippen LogP contribution is 2.21. The van der Waals surface area contributed by atoms with Gasteiger partial charge in [0.15, 0.2) is 0 Å². The van der Waals surface area contributed by atoms with Gasteiger partial charge in [-0.3, -0.25) is 0 Å². The van der Waals surface area contributed by atoms with E-state index in [9.17, 15) is 8.78 Å². The van der Waals surface area contributed by atoms with Gasteiger partial charge in [-0.05, 0) is 42.8 Å². The fraction of sp³-hybridized carbons (Fsp3) is 0.143. The average Bonchev–Trinajstić information content (AvgIpc) is 2.33. The fourth-order valence-corrected chi connectivity index (χ4v) is 1.89. The van der Waals surface area contributed by atoms with Gasteiger partial charge in [-0.25, -0.2) is 8.78 Å². The van der Waals surface area contributed by atoms with Crippen LogP contribution in [0.15, 0.2) is 40.9 Å². The quantitative estimate of drug-likeness (QED) is 0.870. The number of anilines is 1. The van der Waals surface area contributed by atoms with Gasteiger partial charge in [0, 0.05) is 22.3 Å². The van der Waals surface area contributed by atoms with Crippen molar-refractivity contribution in [3.8, 4) is 0 Å². The van der Waals surface area contributed by atoms with Gasteiger partial charge in [0.05, 0.1) is 0 Å². The molecule has 0 fully saturated rings. The summed E-state index contributed by atoms with van der Waals surface area (Å²) < 4.78 is 27.8. The molecule has 2 aromatic carbocycles. The summed E-state index contributed by atoms with van der Waals surface area (Å²) in [4.78, 5) is 0. The fourth-order valence-electron chi connectivity index (χ4n) is 1.65. The second-order valence-corrected chi connectivity index (χ2v) is 4.87. The Labute approximate surface area is 113 Å². The maximum Gasteiger partial charge on any atom is 0.131 e. The summed E-state index contributed by atoms with van der Waals surface area (Å²) in [5.74, 6) is -1.06. The Balaban J connectivity index is 2.14. The molecule has 2 rings (SSSR count). The zero-order valence-electron chi connectivity index (χ0n) is 9.81. The van der Waals surface area contributed by atoms with Gasteiger partial charge in [0.25, 0.3) is 0 Å². The van der Waals surface area contributed by atoms with E-state index in [1.807, 2.05) is 25.1 Å². The van der Waals surface area contributed by atoms with Crippen LogP contribution >= 0.6 is 15.9 Å². The molecule has 1 N–H and O–H groups in total. The Hall–Kier alpha value is -1.42. The lowest BCUT2D eigenvalue weighted by atomic mass is 10.2. The van der Waals surface area contributed by atoms with Gasteiger partial charge in [-0.1, -0.05) is 22.0 Å². The van der Waals surface area contributed by atoms with Crippen LogP contribution < -0.4 is 5.32 Å². The number of hydrogen-bond donors (Lipinski definition) is 1. The third kappa shape index (κ3) is 2.88. The Kier molecular flexibility index (Phi) is 3.97. The van der Waals surface area contributed by atoms with Crippen molar-refractivity contribution in [2.75, 3.05) is 5.32 Å². The minimum atomic E-state index is -0.531. The molecule has 0 unspecified atom stereocenters. The molecular weight excluding hydrogens is 300 g/mol. The maximum atomic E-state index is 13.4. The average molecular weight is 312 g/mol. The Morgan fingerprint density at radius 2 is 1.78 bits per heavy atom. The molecule has 0 radical (unpaired) electrons. The molecule has 1 nitrogen and oxygen atoms in total. The molecule has 0 saturated carbocycles. The zero-order valence-corrected chi connectivity index (χ0v) is 11.4. The van der Waals surface area contributed by atoms with Crippen molar-refractivity contribution in [1.29, 1.82) is 0 Å². The normalized spacial score (nSPS) is 10.4. The van der Waals surface area contributed by atoms with Gasteiger partial charge in [-0.15, -0.1) is 0 Å². The van der Waals surface area contributed by atoms with E-state index in [1.165, 1.54) is 18.2 Å². The van der Waals surface area contributed by atoms with Crippen LogP contribution in [0.2, 0.25) is 0 Å². The summed E-state index contributed by atoms with van der Waals surface area (Å²) in [5.41, 5.74) is 1.95. The van der Waals surface area contributed by atoms with Crippen molar-refractivity contribution in [3.63, 3.8) is 0 Å². The van der Waals surface area contributed by atoms with E-state index in [0.717, 1.165) is 15.7 Å². The summed E-state index contributed by atoms with van der Waals surface area (Å²) in [6, 6.07) is 9.55. The van der Waals surface area contributed by atoms with Crippen molar-refractivity contribution in [2.45, 2.75) is 13.5 Å². The molecule has 0 aliphatic heterocycles. The van der Waals surface area contributed by atoms with Gasteiger partial charge in [0.1, 0.15) is 11.6 Å². The molecular formula is C14H12BrF2N. The largest absolute Gasteiger partial charge is 0.381 e. The molecule has 0 spiro atoms. The molecule has 18 heavy (non-hydrogen) atoms. The first kappa shape index (κ1) is 13.0. The number of nitrogens with one attached hydrogen (secondary N) is 1. The topological polar surface area (TPSA) is 12.0 Å². The first-order valence-electron chi connectivity index (χ1n) is 5.51. The van der Waals surface area contributed by atoms with Crippen LogP contribution in [0.3, 0.4) is 0 Å². The van der Waals surface area contributed by atoms with Crippen LogP contribution in [0.4, 0.5) is 14.5 Å². The molecule has 0 heterocycles. The van der Waals surface area contributed by atoms with E-state index >= 15 is 0 Å². The highest BCUT2D eigenvalue weighted by molar-refractivity contribution is 9.10. The lowest BCUT2D eigenvalue weighted by Crippen LogP contribution is -2.04. The second-order valence-electron chi connectivity index (χ2n) is 4.02. The molecule has 0 aromatic heterocycles. The highest BCUT2D eigenvalue weighted by Gasteiger charge is 2.07. The van der Waals surface area contributed by atoms with Crippen LogP contribution in [0.1, 0.15) is 11.1 Å². The summed E-state index contributed by atoms with van der Waals surface area (Å²) >= 11 is 3.40. The SMILES string of the molecule is Cc1cc(NCc2c(F)cccc2F)ccc1Br. The summed E-state index contributed by atoms with van der Waals surface area (Å²) in [6.07, 6.45) is 0. The van der Waals surface area contributed by atoms with Crippen LogP contribution in [0.25, 0.3) is 0 Å². The molecule has 0 aliphatic rings. The number of hydrogen-bond acceptors (Lipinski definition) is 1. The standard InChI is InChI=1S/C14H12BrF2N/c1-9-7-10(5-6-12(9)15)18-8-11-13(16)3-2-4-14(11)17/h2-7,18H,8H2,1H3. The smallest absolute Gasteiger partial charge is 0.131 e. The number of rotatable bonds is 3. The third-order valence-electron chi connectivity index (χ3n) is 2.69. The number of benzene rings is 2. The van der Waals surface area contributed by atoms with Crippen molar-refractivity contribution in [1.82, 2.24) is 0 Å².